The van der Waals surface area contributed by atoms with E-state index >= 15 is 0 Å². The standard InChI is InChI=1S/C7H10F3NS/c1-5(2)6-11(3-4-12-6)7(8,9)10/h3-6H,1-2H3. The van der Waals surface area contributed by atoms with Gasteiger partial charge < -0.3 is 0 Å². The molecule has 0 spiro atoms. The molecule has 12 heavy (non-hydrogen) atoms. The van der Waals surface area contributed by atoms with Crippen LogP contribution in [0.25, 0.3) is 0 Å². The van der Waals surface area contributed by atoms with E-state index in [1.165, 1.54) is 17.2 Å². The fourth-order valence-electron chi connectivity index (χ4n) is 1.04. The molecule has 1 rings (SSSR count). The number of thioether (sulfide) groups is 1. The van der Waals surface area contributed by atoms with Gasteiger partial charge in [-0.25, -0.2) is 0 Å². The van der Waals surface area contributed by atoms with Gasteiger partial charge in [0.2, 0.25) is 0 Å². The highest BCUT2D eigenvalue weighted by Gasteiger charge is 2.42. The first-order valence-electron chi connectivity index (χ1n) is 3.60. The maximum absolute atomic E-state index is 12.2. The van der Waals surface area contributed by atoms with Crippen LogP contribution in [0.2, 0.25) is 0 Å². The molecule has 70 valence electrons. The van der Waals surface area contributed by atoms with Crippen molar-refractivity contribution in [1.29, 1.82) is 0 Å². The lowest BCUT2D eigenvalue weighted by Crippen LogP contribution is -2.40. The normalized spacial score (nSPS) is 24.2. The molecule has 0 bridgehead atoms. The summed E-state index contributed by atoms with van der Waals surface area (Å²) in [6.07, 6.45) is -3.15. The first-order valence-corrected chi connectivity index (χ1v) is 4.54. The zero-order valence-electron chi connectivity index (χ0n) is 6.80. The molecule has 1 aliphatic rings. The van der Waals surface area contributed by atoms with Crippen LogP contribution in [0, 0.1) is 5.92 Å². The van der Waals surface area contributed by atoms with Crippen LogP contribution < -0.4 is 0 Å². The first kappa shape index (κ1) is 9.77. The van der Waals surface area contributed by atoms with Crippen molar-refractivity contribution in [2.45, 2.75) is 25.5 Å². The molecule has 1 unspecified atom stereocenters. The van der Waals surface area contributed by atoms with Gasteiger partial charge >= 0.3 is 6.30 Å². The molecular weight excluding hydrogens is 187 g/mol. The third-order valence-corrected chi connectivity index (χ3v) is 2.91. The Morgan fingerprint density at radius 3 is 2.33 bits per heavy atom. The lowest BCUT2D eigenvalue weighted by Gasteiger charge is -2.29. The average molecular weight is 197 g/mol. The van der Waals surface area contributed by atoms with Crippen LogP contribution >= 0.6 is 11.8 Å². The molecule has 1 heterocycles. The summed E-state index contributed by atoms with van der Waals surface area (Å²) in [4.78, 5) is 0.447. The quantitative estimate of drug-likeness (QED) is 0.594. The highest BCUT2D eigenvalue weighted by atomic mass is 32.2. The first-order chi connectivity index (χ1) is 5.43. The van der Waals surface area contributed by atoms with Crippen LogP contribution in [0.4, 0.5) is 13.2 Å². The fraction of sp³-hybridized carbons (Fsp3) is 0.714. The van der Waals surface area contributed by atoms with Crippen molar-refractivity contribution in [2.75, 3.05) is 0 Å². The second-order valence-corrected chi connectivity index (χ2v) is 3.96. The smallest absolute Gasteiger partial charge is 0.278 e. The highest BCUT2D eigenvalue weighted by molar-refractivity contribution is 8.02. The van der Waals surface area contributed by atoms with Crippen LogP contribution in [0.5, 0.6) is 0 Å². The number of hydrogen-bond acceptors (Lipinski definition) is 2. The number of halogens is 3. The van der Waals surface area contributed by atoms with E-state index in [-0.39, 0.29) is 5.92 Å². The van der Waals surface area contributed by atoms with Crippen LogP contribution in [0.1, 0.15) is 13.8 Å². The highest BCUT2D eigenvalue weighted by Crippen LogP contribution is 2.38. The Morgan fingerprint density at radius 1 is 1.42 bits per heavy atom. The van der Waals surface area contributed by atoms with Crippen molar-refractivity contribution in [3.05, 3.63) is 11.6 Å². The molecule has 0 radical (unpaired) electrons. The monoisotopic (exact) mass is 197 g/mol. The summed E-state index contributed by atoms with van der Waals surface area (Å²) < 4.78 is 36.7. The summed E-state index contributed by atoms with van der Waals surface area (Å²) >= 11 is 1.21. The number of hydrogen-bond donors (Lipinski definition) is 0. The summed E-state index contributed by atoms with van der Waals surface area (Å²) in [5.41, 5.74) is 0. The van der Waals surface area contributed by atoms with E-state index in [0.717, 1.165) is 6.20 Å². The predicted octanol–water partition coefficient (Wildman–Crippen LogP) is 3.01. The lowest BCUT2D eigenvalue weighted by molar-refractivity contribution is -0.232. The maximum atomic E-state index is 12.2. The van der Waals surface area contributed by atoms with Gasteiger partial charge in [0, 0.05) is 6.20 Å². The molecule has 1 aliphatic heterocycles. The Balaban J connectivity index is 2.70. The van der Waals surface area contributed by atoms with Crippen molar-refractivity contribution >= 4 is 11.8 Å². The molecule has 0 fully saturated rings. The lowest BCUT2D eigenvalue weighted by atomic mass is 10.2. The van der Waals surface area contributed by atoms with Crippen molar-refractivity contribution in [2.24, 2.45) is 5.92 Å². The molecule has 0 aromatic carbocycles. The Bertz CT molecular complexity index is 188. The van der Waals surface area contributed by atoms with Crippen molar-refractivity contribution in [3.8, 4) is 0 Å². The third kappa shape index (κ3) is 1.88. The van der Waals surface area contributed by atoms with Gasteiger partial charge in [0.1, 0.15) is 0 Å². The van der Waals surface area contributed by atoms with Gasteiger partial charge in [0.05, 0.1) is 5.37 Å². The summed E-state index contributed by atoms with van der Waals surface area (Å²) in [5, 5.41) is 0.989. The van der Waals surface area contributed by atoms with E-state index in [2.05, 4.69) is 0 Å². The Kier molecular flexibility index (Phi) is 2.61. The third-order valence-electron chi connectivity index (χ3n) is 1.58. The minimum Gasteiger partial charge on any atom is -0.278 e. The van der Waals surface area contributed by atoms with E-state index in [1.807, 2.05) is 0 Å². The minimum absolute atomic E-state index is 0.00775. The summed E-state index contributed by atoms with van der Waals surface area (Å²) in [5.74, 6) is -0.00775. The van der Waals surface area contributed by atoms with E-state index in [1.54, 1.807) is 13.8 Å². The molecule has 0 amide bonds. The van der Waals surface area contributed by atoms with E-state index in [0.29, 0.717) is 4.90 Å². The Labute approximate surface area is 73.6 Å². The zero-order chi connectivity index (χ0) is 9.35. The Hall–Kier alpha value is -0.320. The van der Waals surface area contributed by atoms with E-state index < -0.39 is 11.7 Å². The number of alkyl halides is 3. The zero-order valence-corrected chi connectivity index (χ0v) is 7.62. The van der Waals surface area contributed by atoms with Gasteiger partial charge in [0.25, 0.3) is 0 Å². The minimum atomic E-state index is -4.24. The summed E-state index contributed by atoms with van der Waals surface area (Å²) in [7, 11) is 0. The topological polar surface area (TPSA) is 3.24 Å². The molecule has 5 heteroatoms. The van der Waals surface area contributed by atoms with Gasteiger partial charge in [-0.15, -0.1) is 11.8 Å². The molecule has 0 aromatic heterocycles. The van der Waals surface area contributed by atoms with Crippen LogP contribution in [-0.4, -0.2) is 16.6 Å². The van der Waals surface area contributed by atoms with E-state index in [4.69, 9.17) is 0 Å². The molecule has 0 saturated carbocycles. The van der Waals surface area contributed by atoms with Crippen LogP contribution in [-0.2, 0) is 0 Å². The van der Waals surface area contributed by atoms with Crippen molar-refractivity contribution in [3.63, 3.8) is 0 Å². The summed E-state index contributed by atoms with van der Waals surface area (Å²) in [6.45, 7) is 3.56. The molecular formula is C7H10F3NS. The van der Waals surface area contributed by atoms with Gasteiger partial charge in [0.15, 0.2) is 0 Å². The molecule has 1 nitrogen and oxygen atoms in total. The maximum Gasteiger partial charge on any atom is 0.485 e. The van der Waals surface area contributed by atoms with Gasteiger partial charge in [-0.1, -0.05) is 13.8 Å². The number of rotatable bonds is 1. The number of nitrogens with zero attached hydrogens (tertiary/aromatic N) is 1. The average Bonchev–Trinajstić information content (AvgIpc) is 2.30. The second kappa shape index (κ2) is 3.20. The fourth-order valence-corrected chi connectivity index (χ4v) is 2.04. The molecule has 0 aromatic rings. The van der Waals surface area contributed by atoms with Gasteiger partial charge in [-0.3, -0.25) is 4.90 Å². The second-order valence-electron chi connectivity index (χ2n) is 2.93. The molecule has 1 atom stereocenters. The SMILES string of the molecule is CC(C)C1SC=CN1C(F)(F)F. The molecule has 0 aliphatic carbocycles. The Morgan fingerprint density at radius 2 is 2.00 bits per heavy atom. The summed E-state index contributed by atoms with van der Waals surface area (Å²) in [6, 6.07) is 0. The van der Waals surface area contributed by atoms with Crippen LogP contribution in [0.3, 0.4) is 0 Å². The molecule has 0 saturated heterocycles. The van der Waals surface area contributed by atoms with Crippen molar-refractivity contribution < 1.29 is 13.2 Å². The molecule has 0 N–H and O–H groups in total. The van der Waals surface area contributed by atoms with Crippen molar-refractivity contribution in [1.82, 2.24) is 4.90 Å². The largest absolute Gasteiger partial charge is 0.485 e. The van der Waals surface area contributed by atoms with Crippen LogP contribution in [0.15, 0.2) is 11.6 Å². The van der Waals surface area contributed by atoms with Gasteiger partial charge in [-0.2, -0.15) is 13.2 Å². The predicted molar refractivity (Wildman–Crippen MR) is 43.3 cm³/mol. The van der Waals surface area contributed by atoms with Gasteiger partial charge in [-0.05, 0) is 11.3 Å². The van der Waals surface area contributed by atoms with E-state index in [9.17, 15) is 13.2 Å².